The molecule has 0 spiro atoms. The highest BCUT2D eigenvalue weighted by atomic mass is 19.3. The monoisotopic (exact) mass is 410 g/mol. The van der Waals surface area contributed by atoms with Crippen LogP contribution in [0.5, 0.6) is 0 Å². The Morgan fingerprint density at radius 3 is 1.85 bits per heavy atom. The van der Waals surface area contributed by atoms with Gasteiger partial charge in [-0.25, -0.2) is 9.59 Å². The Balaban J connectivity index is 5.91. The normalized spacial score (nSPS) is 17.0. The quantitative estimate of drug-likeness (QED) is 0.318. The molecular formula is C16H21F7O4. The molecular weight excluding hydrogens is 389 g/mol. The van der Waals surface area contributed by atoms with E-state index >= 15 is 0 Å². The molecule has 0 aliphatic heterocycles. The Labute approximate surface area is 151 Å². The Hall–Kier alpha value is -1.81. The predicted molar refractivity (Wildman–Crippen MR) is 80.5 cm³/mol. The number of esters is 1. The molecule has 0 fully saturated rings. The van der Waals surface area contributed by atoms with E-state index in [1.807, 2.05) is 0 Å². The molecule has 2 atom stereocenters. The molecule has 0 aromatic heterocycles. The van der Waals surface area contributed by atoms with Crippen LogP contribution in [0.4, 0.5) is 30.7 Å². The van der Waals surface area contributed by atoms with Crippen LogP contribution in [0.15, 0.2) is 12.2 Å². The molecule has 0 aromatic carbocycles. The molecule has 0 aliphatic rings. The Kier molecular flexibility index (Phi) is 7.90. The van der Waals surface area contributed by atoms with Crippen LogP contribution < -0.4 is 0 Å². The van der Waals surface area contributed by atoms with Crippen molar-refractivity contribution in [2.75, 3.05) is 0 Å². The summed E-state index contributed by atoms with van der Waals surface area (Å²) in [5.41, 5.74) is 0. The highest BCUT2D eigenvalue weighted by Crippen LogP contribution is 2.56. The highest BCUT2D eigenvalue weighted by molar-refractivity contribution is 5.90. The third-order valence-electron chi connectivity index (χ3n) is 3.90. The summed E-state index contributed by atoms with van der Waals surface area (Å²) in [7, 11) is 0. The first kappa shape index (κ1) is 25.2. The van der Waals surface area contributed by atoms with Crippen LogP contribution in [0.3, 0.4) is 0 Å². The zero-order valence-corrected chi connectivity index (χ0v) is 15.0. The second-order valence-corrected chi connectivity index (χ2v) is 6.42. The van der Waals surface area contributed by atoms with E-state index in [2.05, 4.69) is 4.74 Å². The molecule has 27 heavy (non-hydrogen) atoms. The van der Waals surface area contributed by atoms with Crippen LogP contribution in [0.1, 0.15) is 40.5 Å². The van der Waals surface area contributed by atoms with Gasteiger partial charge in [-0.15, -0.1) is 0 Å². The molecule has 1 N–H and O–H groups in total. The molecule has 4 nitrogen and oxygen atoms in total. The molecule has 2 unspecified atom stereocenters. The lowest BCUT2D eigenvalue weighted by molar-refractivity contribution is -0.387. The number of aliphatic carboxylic acids is 1. The fourth-order valence-electron chi connectivity index (χ4n) is 2.39. The number of alkyl halides is 7. The smallest absolute Gasteiger partial charge is 0.384 e. The van der Waals surface area contributed by atoms with Crippen LogP contribution in [0, 0.1) is 11.8 Å². The Morgan fingerprint density at radius 2 is 1.48 bits per heavy atom. The number of rotatable bonds is 10. The van der Waals surface area contributed by atoms with Crippen LogP contribution in [-0.4, -0.2) is 40.7 Å². The van der Waals surface area contributed by atoms with Crippen molar-refractivity contribution in [1.29, 1.82) is 0 Å². The second-order valence-electron chi connectivity index (χ2n) is 6.42. The molecule has 0 radical (unpaired) electrons. The SMILES string of the molecule is CCCC(C(C)C)C(F)(F)C(F)(F)C(F)(F)C(C)(F)OC(=O)/C=C/C(=O)O. The summed E-state index contributed by atoms with van der Waals surface area (Å²) in [6.07, 6.45) is -0.498. The van der Waals surface area contributed by atoms with Crippen molar-refractivity contribution in [3.8, 4) is 0 Å². The van der Waals surface area contributed by atoms with Gasteiger partial charge < -0.3 is 9.84 Å². The number of carboxylic acid groups (broad SMARTS) is 1. The van der Waals surface area contributed by atoms with Gasteiger partial charge in [-0.1, -0.05) is 27.2 Å². The summed E-state index contributed by atoms with van der Waals surface area (Å²) < 4.78 is 103. The van der Waals surface area contributed by atoms with Gasteiger partial charge >= 0.3 is 35.6 Å². The molecule has 0 amide bonds. The Bertz CT molecular complexity index is 571. The predicted octanol–water partition coefficient (Wildman–Crippen LogP) is 4.83. The lowest BCUT2D eigenvalue weighted by Gasteiger charge is -2.41. The van der Waals surface area contributed by atoms with Crippen molar-refractivity contribution in [3.05, 3.63) is 12.2 Å². The summed E-state index contributed by atoms with van der Waals surface area (Å²) in [5.74, 6) is -29.6. The maximum absolute atomic E-state index is 14.3. The van der Waals surface area contributed by atoms with Gasteiger partial charge in [-0.2, -0.15) is 30.7 Å². The molecule has 0 aliphatic carbocycles. The number of hydrogen-bond acceptors (Lipinski definition) is 3. The van der Waals surface area contributed by atoms with E-state index in [9.17, 15) is 40.3 Å². The largest absolute Gasteiger partial charge is 0.478 e. The lowest BCUT2D eigenvalue weighted by atomic mass is 9.80. The van der Waals surface area contributed by atoms with Gasteiger partial charge in [0.05, 0.1) is 0 Å². The number of carbonyl (C=O) groups is 2. The van der Waals surface area contributed by atoms with Crippen molar-refractivity contribution in [1.82, 2.24) is 0 Å². The highest BCUT2D eigenvalue weighted by Gasteiger charge is 2.81. The summed E-state index contributed by atoms with van der Waals surface area (Å²) in [6, 6.07) is 0. The summed E-state index contributed by atoms with van der Waals surface area (Å²) in [4.78, 5) is 21.4. The molecule has 0 heterocycles. The first-order valence-electron chi connectivity index (χ1n) is 7.92. The molecule has 11 heteroatoms. The minimum Gasteiger partial charge on any atom is -0.478 e. The van der Waals surface area contributed by atoms with Crippen molar-refractivity contribution in [2.45, 2.75) is 64.2 Å². The number of ether oxygens (including phenoxy) is 1. The maximum Gasteiger partial charge on any atom is 0.384 e. The zero-order valence-electron chi connectivity index (χ0n) is 15.0. The zero-order chi connectivity index (χ0) is 21.8. The third kappa shape index (κ3) is 5.13. The Morgan fingerprint density at radius 1 is 1.00 bits per heavy atom. The van der Waals surface area contributed by atoms with Crippen molar-refractivity contribution >= 4 is 11.9 Å². The topological polar surface area (TPSA) is 63.6 Å². The minimum atomic E-state index is -6.20. The van der Waals surface area contributed by atoms with E-state index in [1.54, 1.807) is 0 Å². The van der Waals surface area contributed by atoms with Gasteiger partial charge in [0.1, 0.15) is 0 Å². The molecule has 0 aromatic rings. The van der Waals surface area contributed by atoms with E-state index < -0.39 is 53.8 Å². The average molecular weight is 410 g/mol. The van der Waals surface area contributed by atoms with Gasteiger partial charge in [-0.05, 0) is 12.3 Å². The molecule has 0 bridgehead atoms. The van der Waals surface area contributed by atoms with Crippen LogP contribution in [-0.2, 0) is 14.3 Å². The van der Waals surface area contributed by atoms with Crippen LogP contribution in [0.2, 0.25) is 0 Å². The standard InChI is InChI=1S/C16H21F7O4/c1-5-6-10(9(2)3)14(18,19)16(22,23)15(20,21)13(4,17)27-12(26)8-7-11(24)25/h7-10H,5-6H2,1-4H3,(H,24,25)/b8-7+. The molecule has 158 valence electrons. The molecule has 0 saturated carbocycles. The van der Waals surface area contributed by atoms with E-state index in [0.717, 1.165) is 13.8 Å². The van der Waals surface area contributed by atoms with Crippen molar-refractivity contribution < 1.29 is 50.2 Å². The van der Waals surface area contributed by atoms with Gasteiger partial charge in [0, 0.05) is 25.0 Å². The fourth-order valence-corrected chi connectivity index (χ4v) is 2.39. The number of carboxylic acids is 1. The number of carbonyl (C=O) groups excluding carboxylic acids is 1. The fraction of sp³-hybridized carbons (Fsp3) is 0.750. The van der Waals surface area contributed by atoms with Crippen molar-refractivity contribution in [2.24, 2.45) is 11.8 Å². The third-order valence-corrected chi connectivity index (χ3v) is 3.90. The van der Waals surface area contributed by atoms with Gasteiger partial charge in [0.15, 0.2) is 0 Å². The molecule has 0 rings (SSSR count). The van der Waals surface area contributed by atoms with E-state index in [0.29, 0.717) is 0 Å². The van der Waals surface area contributed by atoms with Crippen LogP contribution >= 0.6 is 0 Å². The van der Waals surface area contributed by atoms with Crippen LogP contribution in [0.25, 0.3) is 0 Å². The van der Waals surface area contributed by atoms with E-state index in [1.165, 1.54) is 6.92 Å². The summed E-state index contributed by atoms with van der Waals surface area (Å²) >= 11 is 0. The minimum absolute atomic E-state index is 0.0120. The average Bonchev–Trinajstić information content (AvgIpc) is 2.48. The first-order chi connectivity index (χ1) is 12.0. The first-order valence-corrected chi connectivity index (χ1v) is 7.92. The lowest BCUT2D eigenvalue weighted by Crippen LogP contribution is -2.65. The number of halogens is 7. The summed E-state index contributed by atoms with van der Waals surface area (Å²) in [6.45, 7) is 3.34. The summed E-state index contributed by atoms with van der Waals surface area (Å²) in [5, 5.41) is 8.26. The maximum atomic E-state index is 14.3. The van der Waals surface area contributed by atoms with Crippen molar-refractivity contribution in [3.63, 3.8) is 0 Å². The number of hydrogen-bond donors (Lipinski definition) is 1. The van der Waals surface area contributed by atoms with E-state index in [4.69, 9.17) is 5.11 Å². The van der Waals surface area contributed by atoms with E-state index in [-0.39, 0.29) is 25.5 Å². The molecule has 0 saturated heterocycles. The van der Waals surface area contributed by atoms with Gasteiger partial charge in [0.2, 0.25) is 0 Å². The van der Waals surface area contributed by atoms with Gasteiger partial charge in [-0.3, -0.25) is 0 Å². The van der Waals surface area contributed by atoms with Gasteiger partial charge in [0.25, 0.3) is 0 Å². The second kappa shape index (κ2) is 8.47.